The van der Waals surface area contributed by atoms with Crippen LogP contribution in [0.1, 0.15) is 6.92 Å². The fourth-order valence-corrected chi connectivity index (χ4v) is 2.24. The van der Waals surface area contributed by atoms with E-state index in [1.54, 1.807) is 6.92 Å². The minimum absolute atomic E-state index is 0.0240. The van der Waals surface area contributed by atoms with Crippen molar-refractivity contribution in [3.63, 3.8) is 0 Å². The van der Waals surface area contributed by atoms with E-state index in [9.17, 15) is 17.7 Å². The van der Waals surface area contributed by atoms with E-state index in [2.05, 4.69) is 9.90 Å². The van der Waals surface area contributed by atoms with Crippen LogP contribution in [0.25, 0.3) is 0 Å². The van der Waals surface area contributed by atoms with E-state index < -0.39 is 16.7 Å². The number of hydrogen-bond acceptors (Lipinski definition) is 4. The largest absolute Gasteiger partial charge is 0.251 e. The van der Waals surface area contributed by atoms with Crippen LogP contribution in [0.2, 0.25) is 0 Å². The zero-order valence-corrected chi connectivity index (χ0v) is 10.1. The molecule has 0 bridgehead atoms. The monoisotopic (exact) mass is 260 g/mol. The Morgan fingerprint density at radius 1 is 1.35 bits per heavy atom. The number of nitrogens with one attached hydrogen (secondary N) is 1. The highest BCUT2D eigenvalue weighted by molar-refractivity contribution is 7.89. The highest BCUT2D eigenvalue weighted by Gasteiger charge is 2.14. The van der Waals surface area contributed by atoms with Gasteiger partial charge in [0, 0.05) is 6.54 Å². The number of halogens is 1. The summed E-state index contributed by atoms with van der Waals surface area (Å²) in [6.07, 6.45) is 0. The van der Waals surface area contributed by atoms with Gasteiger partial charge in [0.2, 0.25) is 10.0 Å². The van der Waals surface area contributed by atoms with Gasteiger partial charge in [0.15, 0.2) is 0 Å². The maximum atomic E-state index is 12.2. The SMILES string of the molecule is CC(CF)CNS(=O)(=O)c1ccc(N=O)cc1. The van der Waals surface area contributed by atoms with Gasteiger partial charge in [-0.3, -0.25) is 4.39 Å². The number of sulfonamides is 1. The first kappa shape index (κ1) is 13.7. The van der Waals surface area contributed by atoms with Crippen molar-refractivity contribution in [3.05, 3.63) is 29.2 Å². The molecule has 5 nitrogen and oxygen atoms in total. The molecule has 0 aliphatic rings. The molecule has 0 aromatic heterocycles. The topological polar surface area (TPSA) is 75.6 Å². The Morgan fingerprint density at radius 2 is 1.94 bits per heavy atom. The molecule has 0 heterocycles. The molecule has 0 amide bonds. The first-order chi connectivity index (χ1) is 7.99. The minimum atomic E-state index is -3.65. The second-order valence-corrected chi connectivity index (χ2v) is 5.46. The Kier molecular flexibility index (Phi) is 4.71. The summed E-state index contributed by atoms with van der Waals surface area (Å²) in [6.45, 7) is 1.05. The van der Waals surface area contributed by atoms with Crippen LogP contribution in [-0.4, -0.2) is 21.6 Å². The lowest BCUT2D eigenvalue weighted by Gasteiger charge is -2.09. The lowest BCUT2D eigenvalue weighted by molar-refractivity contribution is 0.381. The predicted octanol–water partition coefficient (Wildman–Crippen LogP) is 1.97. The predicted molar refractivity (Wildman–Crippen MR) is 62.2 cm³/mol. The molecule has 1 rings (SSSR count). The Balaban J connectivity index is 2.78. The normalized spacial score (nSPS) is 13.3. The first-order valence-corrected chi connectivity index (χ1v) is 6.47. The van der Waals surface area contributed by atoms with Crippen molar-refractivity contribution in [2.24, 2.45) is 11.1 Å². The smallest absolute Gasteiger partial charge is 0.240 e. The lowest BCUT2D eigenvalue weighted by atomic mass is 10.2. The molecule has 0 saturated heterocycles. The van der Waals surface area contributed by atoms with Crippen LogP contribution in [0.4, 0.5) is 10.1 Å². The fourth-order valence-electron chi connectivity index (χ4n) is 1.08. The Bertz CT molecular complexity index is 473. The van der Waals surface area contributed by atoms with E-state index in [0.717, 1.165) is 0 Å². The van der Waals surface area contributed by atoms with Gasteiger partial charge < -0.3 is 0 Å². The molecule has 0 radical (unpaired) electrons. The third kappa shape index (κ3) is 3.86. The summed E-state index contributed by atoms with van der Waals surface area (Å²) < 4.78 is 37.9. The molecule has 1 aromatic carbocycles. The summed E-state index contributed by atoms with van der Waals surface area (Å²) in [4.78, 5) is 10.2. The van der Waals surface area contributed by atoms with Crippen molar-refractivity contribution in [1.29, 1.82) is 0 Å². The molecule has 0 fully saturated rings. The van der Waals surface area contributed by atoms with Crippen molar-refractivity contribution in [2.45, 2.75) is 11.8 Å². The second kappa shape index (κ2) is 5.83. The van der Waals surface area contributed by atoms with Crippen LogP contribution in [0, 0.1) is 10.8 Å². The zero-order chi connectivity index (χ0) is 12.9. The molecule has 1 N–H and O–H groups in total. The molecule has 1 unspecified atom stereocenters. The van der Waals surface area contributed by atoms with E-state index in [-0.39, 0.29) is 23.0 Å². The van der Waals surface area contributed by atoms with Crippen LogP contribution in [-0.2, 0) is 10.0 Å². The zero-order valence-electron chi connectivity index (χ0n) is 9.26. The first-order valence-electron chi connectivity index (χ1n) is 4.98. The van der Waals surface area contributed by atoms with Gasteiger partial charge in [0.25, 0.3) is 0 Å². The number of nitrogens with zero attached hydrogens (tertiary/aromatic N) is 1. The third-order valence-corrected chi connectivity index (χ3v) is 3.58. The van der Waals surface area contributed by atoms with Crippen LogP contribution in [0.15, 0.2) is 34.3 Å². The van der Waals surface area contributed by atoms with E-state index in [1.807, 2.05) is 0 Å². The van der Waals surface area contributed by atoms with Gasteiger partial charge >= 0.3 is 0 Å². The number of benzene rings is 1. The van der Waals surface area contributed by atoms with Crippen molar-refractivity contribution in [3.8, 4) is 0 Å². The molecular weight excluding hydrogens is 247 g/mol. The number of rotatable bonds is 6. The number of alkyl halides is 1. The number of hydrogen-bond donors (Lipinski definition) is 1. The molecule has 0 saturated carbocycles. The average molecular weight is 260 g/mol. The quantitative estimate of drug-likeness (QED) is 0.794. The van der Waals surface area contributed by atoms with Crippen molar-refractivity contribution >= 4 is 15.7 Å². The standard InChI is InChI=1S/C10H13FN2O3S/c1-8(6-11)7-12-17(15,16)10-4-2-9(13-14)3-5-10/h2-5,8,12H,6-7H2,1H3. The molecule has 0 aliphatic heterocycles. The van der Waals surface area contributed by atoms with E-state index in [1.165, 1.54) is 24.3 Å². The van der Waals surface area contributed by atoms with Gasteiger partial charge in [0.1, 0.15) is 5.69 Å². The van der Waals surface area contributed by atoms with Gasteiger partial charge in [-0.25, -0.2) is 13.1 Å². The fraction of sp³-hybridized carbons (Fsp3) is 0.400. The van der Waals surface area contributed by atoms with Gasteiger partial charge in [-0.1, -0.05) is 6.92 Å². The minimum Gasteiger partial charge on any atom is -0.251 e. The van der Waals surface area contributed by atoms with Crippen molar-refractivity contribution in [1.82, 2.24) is 4.72 Å². The molecule has 17 heavy (non-hydrogen) atoms. The van der Waals surface area contributed by atoms with Crippen LogP contribution >= 0.6 is 0 Å². The van der Waals surface area contributed by atoms with Gasteiger partial charge in [-0.15, -0.1) is 4.91 Å². The van der Waals surface area contributed by atoms with Gasteiger partial charge in [-0.2, -0.15) is 0 Å². The average Bonchev–Trinajstić information content (AvgIpc) is 2.36. The molecule has 0 aliphatic carbocycles. The summed E-state index contributed by atoms with van der Waals surface area (Å²) in [5.74, 6) is -0.374. The van der Waals surface area contributed by atoms with Crippen molar-refractivity contribution < 1.29 is 12.8 Å². The molecule has 0 spiro atoms. The molecule has 1 atom stereocenters. The van der Waals surface area contributed by atoms with E-state index in [4.69, 9.17) is 0 Å². The van der Waals surface area contributed by atoms with Crippen LogP contribution in [0.5, 0.6) is 0 Å². The van der Waals surface area contributed by atoms with E-state index in [0.29, 0.717) is 0 Å². The lowest BCUT2D eigenvalue weighted by Crippen LogP contribution is -2.29. The Labute approximate surface area is 99.1 Å². The molecule has 7 heteroatoms. The third-order valence-electron chi connectivity index (χ3n) is 2.14. The highest BCUT2D eigenvalue weighted by atomic mass is 32.2. The molecular formula is C10H13FN2O3S. The van der Waals surface area contributed by atoms with Crippen LogP contribution in [0.3, 0.4) is 0 Å². The maximum absolute atomic E-state index is 12.2. The summed E-state index contributed by atoms with van der Waals surface area (Å²) in [5.41, 5.74) is 0.154. The van der Waals surface area contributed by atoms with Crippen molar-refractivity contribution in [2.75, 3.05) is 13.2 Å². The molecule has 94 valence electrons. The van der Waals surface area contributed by atoms with Crippen LogP contribution < -0.4 is 4.72 Å². The summed E-state index contributed by atoms with van der Waals surface area (Å²) >= 11 is 0. The number of nitroso groups, excluding NO2 is 1. The summed E-state index contributed by atoms with van der Waals surface area (Å²) in [7, 11) is -3.65. The second-order valence-electron chi connectivity index (χ2n) is 3.70. The summed E-state index contributed by atoms with van der Waals surface area (Å²) in [6, 6.07) is 5.17. The maximum Gasteiger partial charge on any atom is 0.240 e. The highest BCUT2D eigenvalue weighted by Crippen LogP contribution is 2.15. The Hall–Kier alpha value is -1.34. The molecule has 1 aromatic rings. The Morgan fingerprint density at radius 3 is 2.41 bits per heavy atom. The van der Waals surface area contributed by atoms with Gasteiger partial charge in [-0.05, 0) is 35.4 Å². The van der Waals surface area contributed by atoms with Gasteiger partial charge in [0.05, 0.1) is 11.6 Å². The van der Waals surface area contributed by atoms with E-state index >= 15 is 0 Å². The summed E-state index contributed by atoms with van der Waals surface area (Å²) in [5, 5.41) is 2.67.